The van der Waals surface area contributed by atoms with Crippen LogP contribution in [-0.4, -0.2) is 4.92 Å². The quantitative estimate of drug-likeness (QED) is 0.612. The highest BCUT2D eigenvalue weighted by Gasteiger charge is 2.18. The first-order valence-corrected chi connectivity index (χ1v) is 7.13. The van der Waals surface area contributed by atoms with Crippen molar-refractivity contribution >= 4 is 11.4 Å². The van der Waals surface area contributed by atoms with Crippen molar-refractivity contribution < 1.29 is 4.92 Å². The highest BCUT2D eigenvalue weighted by atomic mass is 16.6. The molecule has 0 amide bonds. The van der Waals surface area contributed by atoms with Crippen LogP contribution in [0.5, 0.6) is 0 Å². The first kappa shape index (κ1) is 15.0. The monoisotopic (exact) mass is 284 g/mol. The third-order valence-corrected chi connectivity index (χ3v) is 3.34. The van der Waals surface area contributed by atoms with Crippen LogP contribution in [0.2, 0.25) is 0 Å². The van der Waals surface area contributed by atoms with Crippen molar-refractivity contribution in [3.05, 3.63) is 70.3 Å². The maximum Gasteiger partial charge on any atom is 0.292 e. The number of para-hydroxylation sites is 2. The van der Waals surface area contributed by atoms with Gasteiger partial charge in [-0.2, -0.15) is 0 Å². The van der Waals surface area contributed by atoms with Crippen LogP contribution in [0.4, 0.5) is 11.4 Å². The second kappa shape index (κ2) is 6.88. The van der Waals surface area contributed by atoms with Crippen LogP contribution in [0.25, 0.3) is 0 Å². The fourth-order valence-corrected chi connectivity index (χ4v) is 2.38. The van der Waals surface area contributed by atoms with E-state index in [-0.39, 0.29) is 16.7 Å². The Balaban J connectivity index is 2.30. The number of nitro groups is 1. The lowest BCUT2D eigenvalue weighted by atomic mass is 9.96. The van der Waals surface area contributed by atoms with E-state index in [0.29, 0.717) is 11.6 Å². The van der Waals surface area contributed by atoms with E-state index < -0.39 is 0 Å². The lowest BCUT2D eigenvalue weighted by Gasteiger charge is -2.22. The molecule has 4 nitrogen and oxygen atoms in total. The molecule has 0 aliphatic carbocycles. The standard InChI is InChI=1S/C17H20N2O2/c1-13(2)12-16(14-8-4-3-5-9-14)18-15-10-6-7-11-17(15)19(20)21/h3-11,13,16,18H,12H2,1-2H3. The van der Waals surface area contributed by atoms with Crippen LogP contribution in [0, 0.1) is 16.0 Å². The molecular weight excluding hydrogens is 264 g/mol. The molecule has 0 aliphatic rings. The van der Waals surface area contributed by atoms with Crippen molar-refractivity contribution in [1.29, 1.82) is 0 Å². The first-order chi connectivity index (χ1) is 10.1. The summed E-state index contributed by atoms with van der Waals surface area (Å²) in [6.07, 6.45) is 0.913. The molecule has 0 saturated carbocycles. The van der Waals surface area contributed by atoms with Gasteiger partial charge in [0.2, 0.25) is 0 Å². The van der Waals surface area contributed by atoms with E-state index in [1.54, 1.807) is 12.1 Å². The molecule has 0 fully saturated rings. The van der Waals surface area contributed by atoms with Crippen LogP contribution in [0.15, 0.2) is 54.6 Å². The number of nitrogens with zero attached hydrogens (tertiary/aromatic N) is 1. The predicted molar refractivity (Wildman–Crippen MR) is 85.4 cm³/mol. The molecule has 0 saturated heterocycles. The Labute approximate surface area is 125 Å². The van der Waals surface area contributed by atoms with Crippen LogP contribution in [-0.2, 0) is 0 Å². The van der Waals surface area contributed by atoms with E-state index in [1.165, 1.54) is 6.07 Å². The van der Waals surface area contributed by atoms with E-state index >= 15 is 0 Å². The van der Waals surface area contributed by atoms with Gasteiger partial charge in [-0.05, 0) is 24.0 Å². The van der Waals surface area contributed by atoms with Crippen LogP contribution in [0.3, 0.4) is 0 Å². The fourth-order valence-electron chi connectivity index (χ4n) is 2.38. The summed E-state index contributed by atoms with van der Waals surface area (Å²) in [4.78, 5) is 10.8. The van der Waals surface area contributed by atoms with Gasteiger partial charge in [-0.1, -0.05) is 56.3 Å². The Hall–Kier alpha value is -2.36. The van der Waals surface area contributed by atoms with Crippen molar-refractivity contribution in [2.24, 2.45) is 5.92 Å². The number of nitro benzene ring substituents is 1. The molecule has 4 heteroatoms. The smallest absolute Gasteiger partial charge is 0.292 e. The topological polar surface area (TPSA) is 55.2 Å². The van der Waals surface area contributed by atoms with Crippen molar-refractivity contribution in [1.82, 2.24) is 0 Å². The van der Waals surface area contributed by atoms with Crippen LogP contribution < -0.4 is 5.32 Å². The first-order valence-electron chi connectivity index (χ1n) is 7.13. The minimum Gasteiger partial charge on any atom is -0.373 e. The van der Waals surface area contributed by atoms with Gasteiger partial charge < -0.3 is 5.32 Å². The minimum absolute atomic E-state index is 0.0623. The van der Waals surface area contributed by atoms with E-state index in [0.717, 1.165) is 12.0 Å². The second-order valence-electron chi connectivity index (χ2n) is 5.51. The zero-order valence-corrected chi connectivity index (χ0v) is 12.3. The highest BCUT2D eigenvalue weighted by Crippen LogP contribution is 2.30. The van der Waals surface area contributed by atoms with Gasteiger partial charge >= 0.3 is 0 Å². The van der Waals surface area contributed by atoms with Gasteiger partial charge in [0.1, 0.15) is 5.69 Å². The van der Waals surface area contributed by atoms with Gasteiger partial charge in [0.25, 0.3) is 5.69 Å². The summed E-state index contributed by atoms with van der Waals surface area (Å²) in [5, 5.41) is 14.5. The largest absolute Gasteiger partial charge is 0.373 e. The van der Waals surface area contributed by atoms with Crippen LogP contribution in [0.1, 0.15) is 31.9 Å². The molecule has 1 N–H and O–H groups in total. The van der Waals surface area contributed by atoms with Crippen molar-refractivity contribution in [3.8, 4) is 0 Å². The average Bonchev–Trinajstić information content (AvgIpc) is 2.47. The number of hydrogen-bond acceptors (Lipinski definition) is 3. The zero-order chi connectivity index (χ0) is 15.2. The summed E-state index contributed by atoms with van der Waals surface area (Å²) in [5.41, 5.74) is 1.82. The van der Waals surface area contributed by atoms with E-state index in [4.69, 9.17) is 0 Å². The van der Waals surface area contributed by atoms with E-state index in [9.17, 15) is 10.1 Å². The number of rotatable bonds is 6. The predicted octanol–water partition coefficient (Wildman–Crippen LogP) is 4.79. The van der Waals surface area contributed by atoms with Crippen molar-refractivity contribution in [2.45, 2.75) is 26.3 Å². The Morgan fingerprint density at radius 2 is 1.67 bits per heavy atom. The summed E-state index contributed by atoms with van der Waals surface area (Å²) in [6, 6.07) is 16.9. The Kier molecular flexibility index (Phi) is 4.93. The van der Waals surface area contributed by atoms with E-state index in [2.05, 4.69) is 31.3 Å². The molecule has 0 heterocycles. The summed E-state index contributed by atoms with van der Waals surface area (Å²) in [5.74, 6) is 0.491. The molecular formula is C17H20N2O2. The summed E-state index contributed by atoms with van der Waals surface area (Å²) < 4.78 is 0. The molecule has 2 aromatic carbocycles. The maximum atomic E-state index is 11.1. The van der Waals surface area contributed by atoms with Gasteiger partial charge in [-0.25, -0.2) is 0 Å². The highest BCUT2D eigenvalue weighted by molar-refractivity contribution is 5.62. The Morgan fingerprint density at radius 3 is 2.29 bits per heavy atom. The molecule has 0 spiro atoms. The third-order valence-electron chi connectivity index (χ3n) is 3.34. The fraction of sp³-hybridized carbons (Fsp3) is 0.294. The Bertz CT molecular complexity index is 597. The molecule has 2 rings (SSSR count). The summed E-state index contributed by atoms with van der Waals surface area (Å²) >= 11 is 0. The third kappa shape index (κ3) is 4.05. The lowest BCUT2D eigenvalue weighted by molar-refractivity contribution is -0.384. The number of hydrogen-bond donors (Lipinski definition) is 1. The summed E-state index contributed by atoms with van der Waals surface area (Å²) in [6.45, 7) is 4.30. The zero-order valence-electron chi connectivity index (χ0n) is 12.3. The average molecular weight is 284 g/mol. The number of anilines is 1. The lowest BCUT2D eigenvalue weighted by Crippen LogP contribution is -2.14. The molecule has 1 unspecified atom stereocenters. The molecule has 0 bridgehead atoms. The molecule has 0 aromatic heterocycles. The van der Waals surface area contributed by atoms with Gasteiger partial charge in [0.15, 0.2) is 0 Å². The van der Waals surface area contributed by atoms with Gasteiger partial charge in [-0.3, -0.25) is 10.1 Å². The van der Waals surface area contributed by atoms with Gasteiger partial charge in [0.05, 0.1) is 11.0 Å². The number of benzene rings is 2. The molecule has 0 radical (unpaired) electrons. The minimum atomic E-state index is -0.347. The molecule has 21 heavy (non-hydrogen) atoms. The maximum absolute atomic E-state index is 11.1. The second-order valence-corrected chi connectivity index (χ2v) is 5.51. The van der Waals surface area contributed by atoms with Crippen molar-refractivity contribution in [3.63, 3.8) is 0 Å². The summed E-state index contributed by atoms with van der Waals surface area (Å²) in [7, 11) is 0. The number of nitrogens with one attached hydrogen (secondary N) is 1. The molecule has 110 valence electrons. The normalized spacial score (nSPS) is 12.1. The van der Waals surface area contributed by atoms with Crippen LogP contribution >= 0.6 is 0 Å². The SMILES string of the molecule is CC(C)CC(Nc1ccccc1[N+](=O)[O-])c1ccccc1. The van der Waals surface area contributed by atoms with Crippen molar-refractivity contribution in [2.75, 3.05) is 5.32 Å². The molecule has 2 aromatic rings. The van der Waals surface area contributed by atoms with Gasteiger partial charge in [0, 0.05) is 6.07 Å². The van der Waals surface area contributed by atoms with Gasteiger partial charge in [-0.15, -0.1) is 0 Å². The molecule has 1 atom stereocenters. The Morgan fingerprint density at radius 1 is 1.05 bits per heavy atom. The molecule has 0 aliphatic heterocycles. The van der Waals surface area contributed by atoms with E-state index in [1.807, 2.05) is 24.3 Å².